The van der Waals surface area contributed by atoms with Gasteiger partial charge in [-0.05, 0) is 30.3 Å². The lowest BCUT2D eigenvalue weighted by atomic mass is 10.2. The largest absolute Gasteiger partial charge is 0.377 e. The number of nitrogens with one attached hydrogen (secondary N) is 1. The lowest BCUT2D eigenvalue weighted by Crippen LogP contribution is -2.00. The number of halogens is 1. The first kappa shape index (κ1) is 12.9. The summed E-state index contributed by atoms with van der Waals surface area (Å²) in [6.07, 6.45) is 0. The molecule has 0 aliphatic heterocycles. The van der Waals surface area contributed by atoms with Crippen LogP contribution in [-0.2, 0) is 6.54 Å². The molecular formula is C15H10ClN3S. The topological polar surface area (TPSA) is 48.7 Å². The number of para-hydroxylation sites is 1. The van der Waals surface area contributed by atoms with Crippen LogP contribution in [0.1, 0.15) is 10.6 Å². The number of thiazole rings is 1. The third-order valence-electron chi connectivity index (χ3n) is 2.87. The average molecular weight is 300 g/mol. The van der Waals surface area contributed by atoms with E-state index < -0.39 is 0 Å². The van der Waals surface area contributed by atoms with Crippen molar-refractivity contribution in [3.05, 3.63) is 58.1 Å². The molecule has 0 unspecified atom stereocenters. The molecule has 1 aromatic heterocycles. The number of rotatable bonds is 3. The van der Waals surface area contributed by atoms with E-state index in [1.807, 2.05) is 18.2 Å². The Hall–Kier alpha value is -2.09. The lowest BCUT2D eigenvalue weighted by Gasteiger charge is -2.06. The Kier molecular flexibility index (Phi) is 3.55. The maximum atomic E-state index is 9.07. The zero-order chi connectivity index (χ0) is 13.9. The van der Waals surface area contributed by atoms with Gasteiger partial charge in [-0.15, -0.1) is 11.3 Å². The highest BCUT2D eigenvalue weighted by molar-refractivity contribution is 7.18. The zero-order valence-corrected chi connectivity index (χ0v) is 12.0. The molecule has 5 heteroatoms. The number of anilines is 1. The molecule has 0 saturated heterocycles. The summed E-state index contributed by atoms with van der Waals surface area (Å²) in [4.78, 5) is 4.55. The van der Waals surface area contributed by atoms with E-state index in [2.05, 4.69) is 22.4 Å². The van der Waals surface area contributed by atoms with Gasteiger partial charge in [-0.25, -0.2) is 4.98 Å². The smallest absolute Gasteiger partial charge is 0.113 e. The molecule has 1 N–H and O–H groups in total. The van der Waals surface area contributed by atoms with Crippen molar-refractivity contribution in [2.24, 2.45) is 0 Å². The predicted octanol–water partition coefficient (Wildman–Crippen LogP) is 4.43. The molecule has 0 spiro atoms. The van der Waals surface area contributed by atoms with Crippen molar-refractivity contribution in [2.45, 2.75) is 6.54 Å². The van der Waals surface area contributed by atoms with Crippen molar-refractivity contribution >= 4 is 38.8 Å². The fourth-order valence-corrected chi connectivity index (χ4v) is 3.01. The minimum Gasteiger partial charge on any atom is -0.377 e. The van der Waals surface area contributed by atoms with Crippen molar-refractivity contribution in [1.82, 2.24) is 4.98 Å². The van der Waals surface area contributed by atoms with E-state index in [4.69, 9.17) is 16.9 Å². The molecule has 0 aliphatic carbocycles. The molecule has 0 radical (unpaired) electrons. The highest BCUT2D eigenvalue weighted by Crippen LogP contribution is 2.24. The summed E-state index contributed by atoms with van der Waals surface area (Å²) in [5.41, 5.74) is 2.32. The quantitative estimate of drug-likeness (QED) is 0.778. The third-order valence-corrected chi connectivity index (χ3v) is 4.14. The summed E-state index contributed by atoms with van der Waals surface area (Å²) in [5.74, 6) is 0. The number of benzene rings is 2. The standard InChI is InChI=1S/C15H10ClN3S/c16-11-6-5-10(8-17)13(7-11)18-9-15-19-12-3-1-2-4-14(12)20-15/h1-7,18H,9H2. The van der Waals surface area contributed by atoms with Crippen LogP contribution >= 0.6 is 22.9 Å². The molecule has 3 nitrogen and oxygen atoms in total. The Bertz CT molecular complexity index is 771. The van der Waals surface area contributed by atoms with Crippen molar-refractivity contribution in [2.75, 3.05) is 5.32 Å². The van der Waals surface area contributed by atoms with Gasteiger partial charge >= 0.3 is 0 Å². The third kappa shape index (κ3) is 2.60. The van der Waals surface area contributed by atoms with Gasteiger partial charge in [0.15, 0.2) is 0 Å². The van der Waals surface area contributed by atoms with Crippen molar-refractivity contribution in [3.8, 4) is 6.07 Å². The molecular weight excluding hydrogens is 290 g/mol. The Labute approximate surface area is 125 Å². The minimum absolute atomic E-state index is 0.578. The second-order valence-corrected chi connectivity index (χ2v) is 5.78. The van der Waals surface area contributed by atoms with Crippen LogP contribution in [0.25, 0.3) is 10.2 Å². The van der Waals surface area contributed by atoms with Gasteiger partial charge in [0.1, 0.15) is 11.1 Å². The van der Waals surface area contributed by atoms with Gasteiger partial charge in [0.2, 0.25) is 0 Å². The van der Waals surface area contributed by atoms with Crippen LogP contribution in [0.4, 0.5) is 5.69 Å². The first-order chi connectivity index (χ1) is 9.76. The summed E-state index contributed by atoms with van der Waals surface area (Å²) in [5, 5.41) is 13.9. The number of fused-ring (bicyclic) bond motifs is 1. The van der Waals surface area contributed by atoms with Crippen LogP contribution in [0.3, 0.4) is 0 Å². The predicted molar refractivity (Wildman–Crippen MR) is 83.1 cm³/mol. The molecule has 3 rings (SSSR count). The summed E-state index contributed by atoms with van der Waals surface area (Å²) in [7, 11) is 0. The number of aromatic nitrogens is 1. The highest BCUT2D eigenvalue weighted by atomic mass is 35.5. The summed E-state index contributed by atoms with van der Waals surface area (Å²) >= 11 is 7.60. The van der Waals surface area contributed by atoms with Gasteiger partial charge in [0.05, 0.1) is 28.0 Å². The van der Waals surface area contributed by atoms with Crippen molar-refractivity contribution in [1.29, 1.82) is 5.26 Å². The van der Waals surface area contributed by atoms with Crippen LogP contribution in [0.15, 0.2) is 42.5 Å². The van der Waals surface area contributed by atoms with Crippen molar-refractivity contribution < 1.29 is 0 Å². The number of nitrogens with zero attached hydrogens (tertiary/aromatic N) is 2. The van der Waals surface area contributed by atoms with E-state index in [1.165, 1.54) is 0 Å². The summed E-state index contributed by atoms with van der Waals surface area (Å²) in [6, 6.07) is 15.4. The average Bonchev–Trinajstić information content (AvgIpc) is 2.88. The maximum absolute atomic E-state index is 9.07. The Morgan fingerprint density at radius 1 is 1.25 bits per heavy atom. The van der Waals surface area contributed by atoms with E-state index in [0.717, 1.165) is 20.9 Å². The van der Waals surface area contributed by atoms with Crippen LogP contribution in [0, 0.1) is 11.3 Å². The molecule has 20 heavy (non-hydrogen) atoms. The van der Waals surface area contributed by atoms with Crippen LogP contribution in [0.5, 0.6) is 0 Å². The molecule has 0 saturated carbocycles. The molecule has 0 bridgehead atoms. The molecule has 1 heterocycles. The van der Waals surface area contributed by atoms with Gasteiger partial charge in [0, 0.05) is 5.02 Å². The molecule has 2 aromatic carbocycles. The summed E-state index contributed by atoms with van der Waals surface area (Å²) in [6.45, 7) is 0.578. The van der Waals surface area contributed by atoms with Gasteiger partial charge in [-0.1, -0.05) is 23.7 Å². The second-order valence-electron chi connectivity index (χ2n) is 4.23. The first-order valence-corrected chi connectivity index (χ1v) is 7.24. The Morgan fingerprint density at radius 3 is 2.90 bits per heavy atom. The molecule has 0 amide bonds. The molecule has 98 valence electrons. The first-order valence-electron chi connectivity index (χ1n) is 6.04. The van der Waals surface area contributed by atoms with E-state index in [1.54, 1.807) is 29.5 Å². The maximum Gasteiger partial charge on any atom is 0.113 e. The zero-order valence-electron chi connectivity index (χ0n) is 10.4. The number of hydrogen-bond acceptors (Lipinski definition) is 4. The van der Waals surface area contributed by atoms with Crippen LogP contribution in [-0.4, -0.2) is 4.98 Å². The van der Waals surface area contributed by atoms with E-state index in [9.17, 15) is 0 Å². The van der Waals surface area contributed by atoms with Crippen LogP contribution in [0.2, 0.25) is 5.02 Å². The van der Waals surface area contributed by atoms with E-state index in [-0.39, 0.29) is 0 Å². The molecule has 0 aliphatic rings. The normalized spacial score (nSPS) is 10.4. The van der Waals surface area contributed by atoms with Crippen LogP contribution < -0.4 is 5.32 Å². The molecule has 0 fully saturated rings. The number of nitriles is 1. The van der Waals surface area contributed by atoms with Gasteiger partial charge in [0.25, 0.3) is 0 Å². The lowest BCUT2D eigenvalue weighted by molar-refractivity contribution is 1.12. The van der Waals surface area contributed by atoms with Gasteiger partial charge in [-0.3, -0.25) is 0 Å². The summed E-state index contributed by atoms with van der Waals surface area (Å²) < 4.78 is 1.16. The second kappa shape index (κ2) is 5.49. The number of hydrogen-bond donors (Lipinski definition) is 1. The van der Waals surface area contributed by atoms with E-state index >= 15 is 0 Å². The molecule has 0 atom stereocenters. The van der Waals surface area contributed by atoms with E-state index in [0.29, 0.717) is 17.1 Å². The monoisotopic (exact) mass is 299 g/mol. The minimum atomic E-state index is 0.578. The SMILES string of the molecule is N#Cc1ccc(Cl)cc1NCc1nc2ccccc2s1. The molecule has 3 aromatic rings. The Balaban J connectivity index is 1.83. The fourth-order valence-electron chi connectivity index (χ4n) is 1.93. The highest BCUT2D eigenvalue weighted by Gasteiger charge is 2.06. The fraction of sp³-hybridized carbons (Fsp3) is 0.0667. The Morgan fingerprint density at radius 2 is 2.10 bits per heavy atom. The van der Waals surface area contributed by atoms with Crippen molar-refractivity contribution in [3.63, 3.8) is 0 Å². The van der Waals surface area contributed by atoms with Gasteiger partial charge < -0.3 is 5.32 Å². The van der Waals surface area contributed by atoms with Gasteiger partial charge in [-0.2, -0.15) is 5.26 Å².